The summed E-state index contributed by atoms with van der Waals surface area (Å²) in [6.45, 7) is 2.23. The van der Waals surface area contributed by atoms with Gasteiger partial charge in [0.2, 0.25) is 11.8 Å². The van der Waals surface area contributed by atoms with Gasteiger partial charge in [-0.05, 0) is 19.4 Å². The molecule has 1 atom stereocenters. The summed E-state index contributed by atoms with van der Waals surface area (Å²) in [5, 5.41) is 8.89. The number of rotatable bonds is 4. The Morgan fingerprint density at radius 3 is 2.44 bits per heavy atom. The van der Waals surface area contributed by atoms with E-state index in [0.717, 1.165) is 6.54 Å². The second-order valence-corrected chi connectivity index (χ2v) is 4.92. The van der Waals surface area contributed by atoms with E-state index >= 15 is 0 Å². The first-order valence-electron chi connectivity index (χ1n) is 6.36. The van der Waals surface area contributed by atoms with Crippen molar-refractivity contribution in [3.63, 3.8) is 0 Å². The van der Waals surface area contributed by atoms with Crippen LogP contribution < -0.4 is 0 Å². The van der Waals surface area contributed by atoms with Crippen molar-refractivity contribution in [3.8, 4) is 0 Å². The van der Waals surface area contributed by atoms with Crippen molar-refractivity contribution in [3.05, 3.63) is 0 Å². The predicted octanol–water partition coefficient (Wildman–Crippen LogP) is -0.0680. The van der Waals surface area contributed by atoms with Crippen LogP contribution >= 0.6 is 0 Å². The Kier molecular flexibility index (Phi) is 3.96. The first-order valence-corrected chi connectivity index (χ1v) is 6.36. The topological polar surface area (TPSA) is 77.9 Å². The van der Waals surface area contributed by atoms with E-state index in [4.69, 9.17) is 5.11 Å². The van der Waals surface area contributed by atoms with Crippen LogP contribution in [0.1, 0.15) is 25.7 Å². The van der Waals surface area contributed by atoms with Gasteiger partial charge in [0.1, 0.15) is 0 Å². The van der Waals surface area contributed by atoms with Crippen LogP contribution in [-0.4, -0.2) is 58.9 Å². The number of imide groups is 1. The van der Waals surface area contributed by atoms with Crippen LogP contribution in [0.2, 0.25) is 0 Å². The molecule has 2 rings (SSSR count). The van der Waals surface area contributed by atoms with Crippen molar-refractivity contribution >= 4 is 17.8 Å². The predicted molar refractivity (Wildman–Crippen MR) is 62.8 cm³/mol. The Morgan fingerprint density at radius 2 is 1.89 bits per heavy atom. The molecular formula is C12H18N2O4. The molecule has 100 valence electrons. The van der Waals surface area contributed by atoms with Gasteiger partial charge in [-0.3, -0.25) is 19.3 Å². The molecule has 2 saturated heterocycles. The van der Waals surface area contributed by atoms with Crippen LogP contribution in [0.5, 0.6) is 0 Å². The van der Waals surface area contributed by atoms with E-state index in [9.17, 15) is 14.4 Å². The quantitative estimate of drug-likeness (QED) is 0.711. The molecule has 0 bridgehead atoms. The largest absolute Gasteiger partial charge is 0.481 e. The summed E-state index contributed by atoms with van der Waals surface area (Å²) in [5.41, 5.74) is 0. The summed E-state index contributed by atoms with van der Waals surface area (Å²) in [6, 6.07) is 0. The Bertz CT molecular complexity index is 353. The minimum Gasteiger partial charge on any atom is -0.481 e. The summed E-state index contributed by atoms with van der Waals surface area (Å²) in [6.07, 6.45) is 2.20. The summed E-state index contributed by atoms with van der Waals surface area (Å²) < 4.78 is 0. The lowest BCUT2D eigenvalue weighted by Gasteiger charge is -2.27. The smallest absolute Gasteiger partial charge is 0.307 e. The average Bonchev–Trinajstić information content (AvgIpc) is 2.77. The Labute approximate surface area is 106 Å². The molecule has 0 aromatic heterocycles. The highest BCUT2D eigenvalue weighted by Gasteiger charge is 2.30. The first kappa shape index (κ1) is 13.0. The van der Waals surface area contributed by atoms with E-state index < -0.39 is 5.97 Å². The van der Waals surface area contributed by atoms with Crippen LogP contribution in [-0.2, 0) is 14.4 Å². The van der Waals surface area contributed by atoms with Crippen molar-refractivity contribution < 1.29 is 19.5 Å². The van der Waals surface area contributed by atoms with E-state index in [-0.39, 0.29) is 17.7 Å². The zero-order valence-corrected chi connectivity index (χ0v) is 10.3. The standard InChI is InChI=1S/C12H18N2O4/c15-10-2-1-3-11(16)14(10)7-6-13-5-4-9(8-13)12(17)18/h9H,1-8H2,(H,17,18). The second kappa shape index (κ2) is 5.48. The lowest BCUT2D eigenvalue weighted by atomic mass is 10.1. The monoisotopic (exact) mass is 254 g/mol. The molecule has 0 aromatic carbocycles. The molecule has 1 unspecified atom stereocenters. The average molecular weight is 254 g/mol. The number of carboxylic acid groups (broad SMARTS) is 1. The van der Waals surface area contributed by atoms with E-state index in [1.54, 1.807) is 0 Å². The van der Waals surface area contributed by atoms with E-state index in [2.05, 4.69) is 0 Å². The third kappa shape index (κ3) is 2.87. The van der Waals surface area contributed by atoms with Crippen molar-refractivity contribution in [2.45, 2.75) is 25.7 Å². The van der Waals surface area contributed by atoms with Crippen LogP contribution in [0.3, 0.4) is 0 Å². The van der Waals surface area contributed by atoms with Gasteiger partial charge in [0.25, 0.3) is 0 Å². The molecule has 0 spiro atoms. The fraction of sp³-hybridized carbons (Fsp3) is 0.750. The van der Waals surface area contributed by atoms with Crippen molar-refractivity contribution in [2.75, 3.05) is 26.2 Å². The number of nitrogens with zero attached hydrogens (tertiary/aromatic N) is 2. The molecular weight excluding hydrogens is 236 g/mol. The maximum absolute atomic E-state index is 11.6. The number of carbonyl (C=O) groups excluding carboxylic acids is 2. The Morgan fingerprint density at radius 1 is 1.22 bits per heavy atom. The molecule has 2 aliphatic rings. The number of hydrogen-bond donors (Lipinski definition) is 1. The first-order chi connectivity index (χ1) is 8.58. The van der Waals surface area contributed by atoms with Crippen molar-refractivity contribution in [2.24, 2.45) is 5.92 Å². The van der Waals surface area contributed by atoms with Gasteiger partial charge in [0, 0.05) is 32.5 Å². The Balaban J connectivity index is 1.79. The molecule has 2 amide bonds. The van der Waals surface area contributed by atoms with Crippen LogP contribution in [0.25, 0.3) is 0 Å². The highest BCUT2D eigenvalue weighted by molar-refractivity contribution is 5.97. The number of aliphatic carboxylic acids is 1. The molecule has 0 radical (unpaired) electrons. The van der Waals surface area contributed by atoms with Gasteiger partial charge in [0.15, 0.2) is 0 Å². The summed E-state index contributed by atoms with van der Waals surface area (Å²) in [7, 11) is 0. The van der Waals surface area contributed by atoms with Gasteiger partial charge in [-0.1, -0.05) is 0 Å². The highest BCUT2D eigenvalue weighted by Crippen LogP contribution is 2.17. The number of piperidine rings is 1. The summed E-state index contributed by atoms with van der Waals surface area (Å²) in [4.78, 5) is 37.3. The maximum Gasteiger partial charge on any atom is 0.307 e. The zero-order valence-electron chi connectivity index (χ0n) is 10.3. The minimum absolute atomic E-state index is 0.0970. The highest BCUT2D eigenvalue weighted by atomic mass is 16.4. The van der Waals surface area contributed by atoms with Gasteiger partial charge in [-0.15, -0.1) is 0 Å². The van der Waals surface area contributed by atoms with Crippen LogP contribution in [0.4, 0.5) is 0 Å². The third-order valence-electron chi connectivity index (χ3n) is 3.64. The van der Waals surface area contributed by atoms with Gasteiger partial charge in [0.05, 0.1) is 5.92 Å². The maximum atomic E-state index is 11.6. The van der Waals surface area contributed by atoms with Crippen molar-refractivity contribution in [1.82, 2.24) is 9.80 Å². The van der Waals surface area contributed by atoms with Gasteiger partial charge in [-0.25, -0.2) is 0 Å². The number of carbonyl (C=O) groups is 3. The molecule has 2 heterocycles. The lowest BCUT2D eigenvalue weighted by Crippen LogP contribution is -2.44. The normalized spacial score (nSPS) is 25.8. The summed E-state index contributed by atoms with van der Waals surface area (Å²) in [5.74, 6) is -1.26. The fourth-order valence-electron chi connectivity index (χ4n) is 2.53. The van der Waals surface area contributed by atoms with Crippen LogP contribution in [0, 0.1) is 5.92 Å². The molecule has 2 aliphatic heterocycles. The SMILES string of the molecule is O=C(O)C1CCN(CCN2C(=O)CCCC2=O)C1. The fourth-order valence-corrected chi connectivity index (χ4v) is 2.53. The minimum atomic E-state index is -0.761. The molecule has 6 heteroatoms. The Hall–Kier alpha value is -1.43. The molecule has 0 saturated carbocycles. The molecule has 0 aliphatic carbocycles. The van der Waals surface area contributed by atoms with Crippen LogP contribution in [0.15, 0.2) is 0 Å². The van der Waals surface area contributed by atoms with Crippen molar-refractivity contribution in [1.29, 1.82) is 0 Å². The molecule has 18 heavy (non-hydrogen) atoms. The van der Waals surface area contributed by atoms with E-state index in [1.807, 2.05) is 4.90 Å². The van der Waals surface area contributed by atoms with Gasteiger partial charge >= 0.3 is 5.97 Å². The van der Waals surface area contributed by atoms with E-state index in [1.165, 1.54) is 4.90 Å². The van der Waals surface area contributed by atoms with Gasteiger partial charge in [-0.2, -0.15) is 0 Å². The molecule has 1 N–H and O–H groups in total. The van der Waals surface area contributed by atoms with Gasteiger partial charge < -0.3 is 10.0 Å². The lowest BCUT2D eigenvalue weighted by molar-refractivity contribution is -0.148. The number of amides is 2. The number of hydrogen-bond acceptors (Lipinski definition) is 4. The third-order valence-corrected chi connectivity index (χ3v) is 3.64. The number of likely N-dealkylation sites (tertiary alicyclic amines) is 2. The summed E-state index contributed by atoms with van der Waals surface area (Å²) >= 11 is 0. The zero-order chi connectivity index (χ0) is 13.1. The molecule has 0 aromatic rings. The molecule has 2 fully saturated rings. The molecule has 6 nitrogen and oxygen atoms in total. The number of carboxylic acids is 1. The van der Waals surface area contributed by atoms with E-state index in [0.29, 0.717) is 45.3 Å². The second-order valence-electron chi connectivity index (χ2n) is 4.92.